The monoisotopic (exact) mass is 353 g/mol. The van der Waals surface area contributed by atoms with Gasteiger partial charge in [-0.05, 0) is 19.8 Å². The summed E-state index contributed by atoms with van der Waals surface area (Å²) < 4.78 is -0.0859. The molecule has 0 aromatic heterocycles. The molecule has 25 heavy (non-hydrogen) atoms. The zero-order valence-corrected chi connectivity index (χ0v) is 15.9. The molecule has 0 spiro atoms. The minimum Gasteiger partial charge on any atom is -0.462 e. The van der Waals surface area contributed by atoms with Crippen molar-refractivity contribution in [1.82, 2.24) is 10.3 Å². The highest BCUT2D eigenvalue weighted by Gasteiger charge is 2.57. The van der Waals surface area contributed by atoms with E-state index in [1.807, 2.05) is 27.7 Å². The molecule has 0 aromatic rings. The summed E-state index contributed by atoms with van der Waals surface area (Å²) in [4.78, 5) is 30.4. The van der Waals surface area contributed by atoms with Gasteiger partial charge >= 0.3 is 12.1 Å². The van der Waals surface area contributed by atoms with E-state index in [4.69, 9.17) is 0 Å². The summed E-state index contributed by atoms with van der Waals surface area (Å²) in [6.07, 6.45) is 1.58. The number of nitrogens with one attached hydrogen (secondary N) is 1. The number of guanidine groups is 1. The molecular formula is C16H29N6O3+. The number of carbonyl (C=O) groups excluding carboxylic acids is 1. The Kier molecular flexibility index (Phi) is 4.91. The highest BCUT2D eigenvalue weighted by atomic mass is 16.4. The molecule has 0 aromatic carbocycles. The Morgan fingerprint density at radius 2 is 1.96 bits per heavy atom. The summed E-state index contributed by atoms with van der Waals surface area (Å²) in [5.41, 5.74) is 0.603. The van der Waals surface area contributed by atoms with Crippen LogP contribution in [0.15, 0.2) is 15.2 Å². The molecule has 0 saturated carbocycles. The van der Waals surface area contributed by atoms with Crippen molar-refractivity contribution < 1.29 is 19.3 Å². The SMILES string of the molecule is CC1CCCC[N+]1(NC(=O)O)C1=NC(C(=O)N(C)C)(C(C)(C)C)N=N1. The minimum atomic E-state index is -1.38. The summed E-state index contributed by atoms with van der Waals surface area (Å²) >= 11 is 0. The number of hydrogen-bond donors (Lipinski definition) is 2. The number of hydrogen-bond acceptors (Lipinski definition) is 5. The fourth-order valence-electron chi connectivity index (χ4n) is 3.44. The summed E-state index contributed by atoms with van der Waals surface area (Å²) in [5.74, 6) is -0.00314. The van der Waals surface area contributed by atoms with Gasteiger partial charge in [-0.15, -0.1) is 9.71 Å². The molecule has 1 fully saturated rings. The van der Waals surface area contributed by atoms with E-state index in [9.17, 15) is 14.7 Å². The maximum absolute atomic E-state index is 12.9. The molecule has 140 valence electrons. The Bertz CT molecular complexity index is 624. The first-order chi connectivity index (χ1) is 11.5. The Balaban J connectivity index is 2.57. The number of amides is 2. The minimum absolute atomic E-state index is 0.0345. The molecule has 2 heterocycles. The fourth-order valence-corrected chi connectivity index (χ4v) is 3.44. The van der Waals surface area contributed by atoms with Crippen molar-refractivity contribution in [1.29, 1.82) is 0 Å². The van der Waals surface area contributed by atoms with Gasteiger partial charge in [0.1, 0.15) is 12.6 Å². The Hall–Kier alpha value is -2.03. The van der Waals surface area contributed by atoms with E-state index >= 15 is 0 Å². The molecule has 3 unspecified atom stereocenters. The average molecular weight is 353 g/mol. The molecule has 0 aliphatic carbocycles. The van der Waals surface area contributed by atoms with Crippen LogP contribution in [0.3, 0.4) is 0 Å². The van der Waals surface area contributed by atoms with E-state index in [1.54, 1.807) is 14.1 Å². The smallest absolute Gasteiger partial charge is 0.449 e. The molecule has 9 nitrogen and oxygen atoms in total. The van der Waals surface area contributed by atoms with Crippen LogP contribution in [0, 0.1) is 5.41 Å². The first-order valence-corrected chi connectivity index (χ1v) is 8.60. The summed E-state index contributed by atoms with van der Waals surface area (Å²) in [5, 5.41) is 17.9. The number of likely N-dealkylation sites (N-methyl/N-ethyl adjacent to an activating group) is 1. The second kappa shape index (κ2) is 6.36. The van der Waals surface area contributed by atoms with Crippen molar-refractivity contribution in [2.45, 2.75) is 58.7 Å². The van der Waals surface area contributed by atoms with E-state index < -0.39 is 17.2 Å². The zero-order valence-electron chi connectivity index (χ0n) is 15.9. The molecular weight excluding hydrogens is 324 g/mol. The maximum Gasteiger partial charge on any atom is 0.449 e. The average Bonchev–Trinajstić information content (AvgIpc) is 2.95. The third kappa shape index (κ3) is 3.12. The highest BCUT2D eigenvalue weighted by Crippen LogP contribution is 2.41. The molecule has 0 bridgehead atoms. The highest BCUT2D eigenvalue weighted by molar-refractivity contribution is 5.91. The quantitative estimate of drug-likeness (QED) is 0.706. The molecule has 2 amide bonds. The van der Waals surface area contributed by atoms with Crippen molar-refractivity contribution in [2.24, 2.45) is 20.6 Å². The molecule has 2 aliphatic rings. The standard InChI is InChI=1S/C16H28N6O3/c1-11-9-7-8-10-22(11,19-14(24)25)13-17-16(20-18-13,15(2,3)4)12(23)21(5)6/h11,19H,7-10H2,1-6H3/p+1. The number of carboxylic acid groups (broad SMARTS) is 1. The lowest BCUT2D eigenvalue weighted by Gasteiger charge is -2.41. The van der Waals surface area contributed by atoms with Crippen LogP contribution in [0.5, 0.6) is 0 Å². The predicted molar refractivity (Wildman–Crippen MR) is 92.8 cm³/mol. The largest absolute Gasteiger partial charge is 0.462 e. The van der Waals surface area contributed by atoms with Gasteiger partial charge in [0.2, 0.25) is 0 Å². The van der Waals surface area contributed by atoms with Crippen LogP contribution in [0.25, 0.3) is 0 Å². The first-order valence-electron chi connectivity index (χ1n) is 8.60. The predicted octanol–water partition coefficient (Wildman–Crippen LogP) is 2.21. The number of quaternary nitrogens is 1. The normalized spacial score (nSPS) is 32.2. The number of nitrogens with zero attached hydrogens (tertiary/aromatic N) is 5. The topological polar surface area (TPSA) is 107 Å². The van der Waals surface area contributed by atoms with Crippen LogP contribution in [0.2, 0.25) is 0 Å². The van der Waals surface area contributed by atoms with Gasteiger partial charge < -0.3 is 10.0 Å². The van der Waals surface area contributed by atoms with E-state index in [-0.39, 0.29) is 22.5 Å². The molecule has 0 radical (unpaired) electrons. The summed E-state index contributed by atoms with van der Waals surface area (Å²) in [6, 6.07) is -0.0345. The van der Waals surface area contributed by atoms with Gasteiger partial charge in [-0.2, -0.15) is 10.4 Å². The number of aliphatic imine (C=N–C) groups is 1. The molecule has 9 heteroatoms. The Morgan fingerprint density at radius 3 is 2.44 bits per heavy atom. The lowest BCUT2D eigenvalue weighted by molar-refractivity contribution is -0.907. The lowest BCUT2D eigenvalue weighted by atomic mass is 9.80. The van der Waals surface area contributed by atoms with E-state index in [2.05, 4.69) is 20.6 Å². The summed E-state index contributed by atoms with van der Waals surface area (Å²) in [6.45, 7) is 8.16. The maximum atomic E-state index is 12.9. The van der Waals surface area contributed by atoms with Crippen molar-refractivity contribution >= 4 is 18.0 Å². The molecule has 1 saturated heterocycles. The van der Waals surface area contributed by atoms with Gasteiger partial charge in [0.25, 0.3) is 11.6 Å². The van der Waals surface area contributed by atoms with E-state index in [0.29, 0.717) is 6.54 Å². The number of carbonyl (C=O) groups is 2. The van der Waals surface area contributed by atoms with Crippen LogP contribution in [-0.2, 0) is 4.79 Å². The third-order valence-corrected chi connectivity index (χ3v) is 5.08. The van der Waals surface area contributed by atoms with Crippen LogP contribution in [-0.4, -0.2) is 64.9 Å². The van der Waals surface area contributed by atoms with Gasteiger partial charge in [-0.25, -0.2) is 4.79 Å². The Morgan fingerprint density at radius 1 is 1.32 bits per heavy atom. The molecule has 3 atom stereocenters. The zero-order chi connectivity index (χ0) is 19.0. The molecule has 2 N–H and O–H groups in total. The molecule has 2 rings (SSSR count). The van der Waals surface area contributed by atoms with Gasteiger partial charge in [-0.1, -0.05) is 25.9 Å². The van der Waals surface area contributed by atoms with Crippen molar-refractivity contribution in [3.05, 3.63) is 0 Å². The van der Waals surface area contributed by atoms with Gasteiger partial charge in [-0.3, -0.25) is 4.79 Å². The number of likely N-dealkylation sites (tertiary alicyclic amines) is 1. The van der Waals surface area contributed by atoms with Crippen LogP contribution < -0.4 is 5.43 Å². The second-order valence-electron chi connectivity index (χ2n) is 8.09. The van der Waals surface area contributed by atoms with Crippen molar-refractivity contribution in [2.75, 3.05) is 20.6 Å². The summed E-state index contributed by atoms with van der Waals surface area (Å²) in [7, 11) is 3.31. The van der Waals surface area contributed by atoms with Crippen LogP contribution in [0.1, 0.15) is 47.0 Å². The second-order valence-corrected chi connectivity index (χ2v) is 8.09. The first kappa shape index (κ1) is 19.3. The van der Waals surface area contributed by atoms with Crippen LogP contribution in [0.4, 0.5) is 4.79 Å². The number of piperidine rings is 1. The fraction of sp³-hybridized carbons (Fsp3) is 0.812. The van der Waals surface area contributed by atoms with E-state index in [1.165, 1.54) is 4.90 Å². The van der Waals surface area contributed by atoms with Gasteiger partial charge in [0, 0.05) is 25.9 Å². The van der Waals surface area contributed by atoms with Crippen LogP contribution >= 0.6 is 0 Å². The number of rotatable bonds is 1. The van der Waals surface area contributed by atoms with Crippen molar-refractivity contribution in [3.8, 4) is 0 Å². The van der Waals surface area contributed by atoms with E-state index in [0.717, 1.165) is 19.3 Å². The van der Waals surface area contributed by atoms with Gasteiger partial charge in [0.05, 0.1) is 0 Å². The third-order valence-electron chi connectivity index (χ3n) is 5.08. The lowest BCUT2D eigenvalue weighted by Crippen LogP contribution is -2.69. The van der Waals surface area contributed by atoms with Crippen molar-refractivity contribution in [3.63, 3.8) is 0 Å². The molecule has 2 aliphatic heterocycles. The number of azo groups is 1. The Labute approximate surface area is 148 Å². The van der Waals surface area contributed by atoms with Gasteiger partial charge in [0.15, 0.2) is 0 Å².